The van der Waals surface area contributed by atoms with Crippen LogP contribution in [-0.2, 0) is 17.8 Å². The number of anilines is 1. The Hall–Kier alpha value is -3.54. The fourth-order valence-electron chi connectivity index (χ4n) is 3.88. The van der Waals surface area contributed by atoms with E-state index in [9.17, 15) is 4.79 Å². The molecule has 4 rings (SSSR count). The highest BCUT2D eigenvalue weighted by Crippen LogP contribution is 2.36. The van der Waals surface area contributed by atoms with Gasteiger partial charge < -0.3 is 9.47 Å². The van der Waals surface area contributed by atoms with Crippen molar-refractivity contribution in [1.29, 1.82) is 0 Å². The zero-order valence-electron chi connectivity index (χ0n) is 20.1. The van der Waals surface area contributed by atoms with Crippen molar-refractivity contribution < 1.29 is 14.3 Å². The monoisotopic (exact) mass is 520 g/mol. The van der Waals surface area contributed by atoms with Crippen molar-refractivity contribution in [2.45, 2.75) is 26.9 Å². The summed E-state index contributed by atoms with van der Waals surface area (Å²) < 4.78 is 12.1. The van der Waals surface area contributed by atoms with E-state index in [1.807, 2.05) is 68.5 Å². The summed E-state index contributed by atoms with van der Waals surface area (Å²) in [6, 6.07) is 18.5. The molecule has 0 N–H and O–H groups in total. The smallest absolute Gasteiger partial charge is 0.280 e. The molecule has 0 spiro atoms. The fourth-order valence-corrected chi connectivity index (χ4v) is 4.35. The van der Waals surface area contributed by atoms with Crippen LogP contribution in [0.5, 0.6) is 11.5 Å². The summed E-state index contributed by atoms with van der Waals surface area (Å²) in [5.41, 5.74) is 4.38. The number of ether oxygens (including phenoxy) is 2. The third-order valence-corrected chi connectivity index (χ3v) is 6.17. The molecule has 0 radical (unpaired) electrons. The van der Waals surface area contributed by atoms with Gasteiger partial charge >= 0.3 is 0 Å². The second kappa shape index (κ2) is 11.5. The molecular weight excluding hydrogens is 495 g/mol. The van der Waals surface area contributed by atoms with Gasteiger partial charge in [-0.15, -0.1) is 6.58 Å². The Bertz CT molecular complexity index is 1350. The predicted octanol–water partition coefficient (Wildman–Crippen LogP) is 7.51. The summed E-state index contributed by atoms with van der Waals surface area (Å²) in [6.45, 7) is 8.32. The molecule has 0 saturated heterocycles. The molecule has 1 amide bonds. The molecule has 3 aromatic carbocycles. The maximum Gasteiger partial charge on any atom is 0.280 e. The topological polar surface area (TPSA) is 51.1 Å². The van der Waals surface area contributed by atoms with Gasteiger partial charge in [-0.2, -0.15) is 10.1 Å². The van der Waals surface area contributed by atoms with Crippen LogP contribution in [0, 0.1) is 0 Å². The number of para-hydroxylation sites is 1. The van der Waals surface area contributed by atoms with Crippen LogP contribution in [0.1, 0.15) is 30.5 Å². The van der Waals surface area contributed by atoms with Gasteiger partial charge in [0, 0.05) is 21.2 Å². The van der Waals surface area contributed by atoms with Crippen LogP contribution >= 0.6 is 23.2 Å². The van der Waals surface area contributed by atoms with Gasteiger partial charge in [0.1, 0.15) is 6.61 Å². The van der Waals surface area contributed by atoms with E-state index in [4.69, 9.17) is 32.7 Å². The zero-order valence-corrected chi connectivity index (χ0v) is 21.6. The van der Waals surface area contributed by atoms with E-state index in [-0.39, 0.29) is 12.5 Å². The summed E-state index contributed by atoms with van der Waals surface area (Å²) in [6.07, 6.45) is 4.19. The van der Waals surface area contributed by atoms with Gasteiger partial charge in [0.05, 0.1) is 23.6 Å². The first-order valence-electron chi connectivity index (χ1n) is 11.5. The Kier molecular flexibility index (Phi) is 8.14. The lowest BCUT2D eigenvalue weighted by Crippen LogP contribution is -2.21. The molecule has 0 aliphatic carbocycles. The minimum absolute atomic E-state index is 0.181. The lowest BCUT2D eigenvalue weighted by Gasteiger charge is -2.17. The number of rotatable bonds is 9. The van der Waals surface area contributed by atoms with E-state index in [1.165, 1.54) is 5.01 Å². The Morgan fingerprint density at radius 1 is 1.03 bits per heavy atom. The predicted molar refractivity (Wildman–Crippen MR) is 147 cm³/mol. The number of benzene rings is 3. The van der Waals surface area contributed by atoms with Gasteiger partial charge in [0.25, 0.3) is 5.91 Å². The maximum absolute atomic E-state index is 13.2. The van der Waals surface area contributed by atoms with Gasteiger partial charge in [-0.05, 0) is 68.3 Å². The molecule has 184 valence electrons. The minimum atomic E-state index is -0.181. The molecule has 1 heterocycles. The highest BCUT2D eigenvalue weighted by atomic mass is 35.5. The molecule has 0 saturated carbocycles. The van der Waals surface area contributed by atoms with Crippen LogP contribution in [-0.4, -0.2) is 18.2 Å². The number of carbonyl (C=O) groups excluding carboxylic acids is 1. The average molecular weight is 521 g/mol. The molecule has 0 bridgehead atoms. The number of nitrogens with zero attached hydrogens (tertiary/aromatic N) is 2. The van der Waals surface area contributed by atoms with Crippen molar-refractivity contribution in [2.75, 3.05) is 11.6 Å². The number of hydrogen-bond acceptors (Lipinski definition) is 4. The fraction of sp³-hybridized carbons (Fsp3) is 0.172. The largest absolute Gasteiger partial charge is 0.490 e. The van der Waals surface area contributed by atoms with E-state index >= 15 is 0 Å². The Morgan fingerprint density at radius 3 is 2.50 bits per heavy atom. The summed E-state index contributed by atoms with van der Waals surface area (Å²) >= 11 is 12.4. The maximum atomic E-state index is 13.2. The molecular formula is C29H26Cl2N2O3. The Labute approximate surface area is 221 Å². The van der Waals surface area contributed by atoms with E-state index in [2.05, 4.69) is 11.7 Å². The van der Waals surface area contributed by atoms with Crippen molar-refractivity contribution in [3.05, 3.63) is 106 Å². The molecule has 7 heteroatoms. The summed E-state index contributed by atoms with van der Waals surface area (Å²) in [5, 5.41) is 6.98. The zero-order chi connectivity index (χ0) is 25.7. The Balaban J connectivity index is 1.68. The van der Waals surface area contributed by atoms with Gasteiger partial charge in [0.15, 0.2) is 11.5 Å². The van der Waals surface area contributed by atoms with Crippen LogP contribution in [0.3, 0.4) is 0 Å². The highest BCUT2D eigenvalue weighted by Gasteiger charge is 2.28. The molecule has 36 heavy (non-hydrogen) atoms. The first kappa shape index (κ1) is 25.5. The molecule has 0 unspecified atom stereocenters. The summed E-state index contributed by atoms with van der Waals surface area (Å²) in [4.78, 5) is 13.2. The molecule has 1 aliphatic rings. The molecule has 0 fully saturated rings. The molecule has 0 aromatic heterocycles. The SMILES string of the molecule is C=CCc1cc(/C=C2/C(=O)N(c3ccccc3)N=C2C)cc(OCC)c1OCc1ccc(Cl)cc1Cl. The van der Waals surface area contributed by atoms with Gasteiger partial charge in [-0.3, -0.25) is 4.79 Å². The molecule has 5 nitrogen and oxygen atoms in total. The van der Waals surface area contributed by atoms with E-state index in [0.29, 0.717) is 45.9 Å². The van der Waals surface area contributed by atoms with Crippen LogP contribution in [0.2, 0.25) is 10.0 Å². The standard InChI is InChI=1S/C29H26Cl2N2O3/c1-4-9-21-14-20(15-25-19(3)32-33(29(25)34)24-10-7-6-8-11-24)16-27(35-5-2)28(21)36-18-22-12-13-23(30)17-26(22)31/h4,6-8,10-17H,1,5,9,18H2,2-3H3/b25-15+. The number of allylic oxidation sites excluding steroid dienone is 1. The van der Waals surface area contributed by atoms with Crippen LogP contribution in [0.15, 0.2) is 84.0 Å². The summed E-state index contributed by atoms with van der Waals surface area (Å²) in [5.74, 6) is 1.01. The normalized spacial score (nSPS) is 14.2. The minimum Gasteiger partial charge on any atom is -0.490 e. The second-order valence-electron chi connectivity index (χ2n) is 8.15. The van der Waals surface area contributed by atoms with Crippen molar-refractivity contribution in [3.8, 4) is 11.5 Å². The van der Waals surface area contributed by atoms with Gasteiger partial charge in [-0.1, -0.05) is 53.5 Å². The van der Waals surface area contributed by atoms with Crippen molar-refractivity contribution in [2.24, 2.45) is 5.10 Å². The highest BCUT2D eigenvalue weighted by molar-refractivity contribution is 6.35. The third kappa shape index (κ3) is 5.64. The van der Waals surface area contributed by atoms with Crippen molar-refractivity contribution >= 4 is 46.6 Å². The first-order chi connectivity index (χ1) is 17.4. The summed E-state index contributed by atoms with van der Waals surface area (Å²) in [7, 11) is 0. The number of halogens is 2. The van der Waals surface area contributed by atoms with Crippen molar-refractivity contribution in [1.82, 2.24) is 0 Å². The van der Waals surface area contributed by atoms with Crippen LogP contribution in [0.25, 0.3) is 6.08 Å². The second-order valence-corrected chi connectivity index (χ2v) is 9.00. The molecule has 0 atom stereocenters. The lowest BCUT2D eigenvalue weighted by molar-refractivity contribution is -0.114. The van der Waals surface area contributed by atoms with Gasteiger partial charge in [-0.25, -0.2) is 0 Å². The Morgan fingerprint density at radius 2 is 1.81 bits per heavy atom. The number of hydrazone groups is 1. The quantitative estimate of drug-likeness (QED) is 0.216. The van der Waals surface area contributed by atoms with Crippen LogP contribution in [0.4, 0.5) is 5.69 Å². The number of hydrogen-bond donors (Lipinski definition) is 0. The van der Waals surface area contributed by atoms with E-state index in [0.717, 1.165) is 22.4 Å². The number of amides is 1. The van der Waals surface area contributed by atoms with Gasteiger partial charge in [0.2, 0.25) is 0 Å². The average Bonchev–Trinajstić information content (AvgIpc) is 3.14. The van der Waals surface area contributed by atoms with Crippen LogP contribution < -0.4 is 14.5 Å². The van der Waals surface area contributed by atoms with E-state index < -0.39 is 0 Å². The van der Waals surface area contributed by atoms with Crippen molar-refractivity contribution in [3.63, 3.8) is 0 Å². The third-order valence-electron chi connectivity index (χ3n) is 5.58. The molecule has 3 aromatic rings. The lowest BCUT2D eigenvalue weighted by atomic mass is 10.0. The molecule has 1 aliphatic heterocycles. The van der Waals surface area contributed by atoms with E-state index in [1.54, 1.807) is 18.2 Å². The number of carbonyl (C=O) groups is 1. The first-order valence-corrected chi connectivity index (χ1v) is 12.3.